The first-order valence-corrected chi connectivity index (χ1v) is 8.00. The minimum Gasteiger partial charge on any atom is -0.493 e. The fraction of sp³-hybridized carbons (Fsp3) is 0.211. The second kappa shape index (κ2) is 9.22. The first-order valence-electron chi connectivity index (χ1n) is 8.00. The zero-order chi connectivity index (χ0) is 18.1. The number of rotatable bonds is 7. The van der Waals surface area contributed by atoms with Crippen molar-refractivity contribution in [2.45, 2.75) is 20.3 Å². The van der Waals surface area contributed by atoms with Gasteiger partial charge in [-0.05, 0) is 38.1 Å². The summed E-state index contributed by atoms with van der Waals surface area (Å²) in [6.07, 6.45) is 0.0856. The lowest BCUT2D eigenvalue weighted by atomic mass is 10.2. The van der Waals surface area contributed by atoms with E-state index in [0.29, 0.717) is 23.6 Å². The van der Waals surface area contributed by atoms with Crippen molar-refractivity contribution >= 4 is 23.2 Å². The van der Waals surface area contributed by atoms with Crippen LogP contribution in [0.5, 0.6) is 5.75 Å². The normalized spacial score (nSPS) is 10.9. The lowest BCUT2D eigenvalue weighted by Gasteiger charge is -2.09. The number of hydrogen-bond donors (Lipinski definition) is 2. The molecule has 0 saturated heterocycles. The number of nitrogens with zero attached hydrogens (tertiary/aromatic N) is 1. The van der Waals surface area contributed by atoms with E-state index in [9.17, 15) is 9.59 Å². The number of carbonyl (C=O) groups is 2. The second-order valence-electron chi connectivity index (χ2n) is 5.31. The quantitative estimate of drug-likeness (QED) is 0.600. The summed E-state index contributed by atoms with van der Waals surface area (Å²) < 4.78 is 5.42. The van der Waals surface area contributed by atoms with E-state index in [2.05, 4.69) is 15.8 Å². The molecule has 25 heavy (non-hydrogen) atoms. The van der Waals surface area contributed by atoms with E-state index in [-0.39, 0.29) is 18.2 Å². The van der Waals surface area contributed by atoms with Crippen molar-refractivity contribution < 1.29 is 14.3 Å². The van der Waals surface area contributed by atoms with E-state index in [1.807, 2.05) is 25.1 Å². The largest absolute Gasteiger partial charge is 0.493 e. The molecule has 6 nitrogen and oxygen atoms in total. The standard InChI is InChI=1S/C19H21N3O3/c1-3-25-17-12-8-7-11-16(17)19(24)22-21-14(2)13-18(23)20-15-9-5-4-6-10-15/h4-12H,3,13H2,1-2H3,(H,20,23)(H,22,24)/b21-14-. The van der Waals surface area contributed by atoms with E-state index in [1.54, 1.807) is 43.3 Å². The van der Waals surface area contributed by atoms with E-state index in [0.717, 1.165) is 5.69 Å². The maximum Gasteiger partial charge on any atom is 0.275 e. The first-order chi connectivity index (χ1) is 12.1. The third-order valence-electron chi connectivity index (χ3n) is 3.25. The van der Waals surface area contributed by atoms with Crippen LogP contribution in [0, 0.1) is 0 Å². The van der Waals surface area contributed by atoms with Crippen molar-refractivity contribution in [3.8, 4) is 5.75 Å². The van der Waals surface area contributed by atoms with Gasteiger partial charge >= 0.3 is 0 Å². The average molecular weight is 339 g/mol. The SMILES string of the molecule is CCOc1ccccc1C(=O)N/N=C(/C)CC(=O)Nc1ccccc1. The molecule has 0 aliphatic heterocycles. The number of para-hydroxylation sites is 2. The van der Waals surface area contributed by atoms with Gasteiger partial charge in [0, 0.05) is 11.4 Å². The van der Waals surface area contributed by atoms with E-state index in [1.165, 1.54) is 0 Å². The van der Waals surface area contributed by atoms with Crippen molar-refractivity contribution in [1.29, 1.82) is 0 Å². The van der Waals surface area contributed by atoms with Crippen molar-refractivity contribution in [2.75, 3.05) is 11.9 Å². The van der Waals surface area contributed by atoms with Gasteiger partial charge in [0.25, 0.3) is 5.91 Å². The molecule has 0 atom stereocenters. The van der Waals surface area contributed by atoms with Crippen LogP contribution in [0.4, 0.5) is 5.69 Å². The average Bonchev–Trinajstić information content (AvgIpc) is 2.61. The number of ether oxygens (including phenoxy) is 1. The molecule has 0 saturated carbocycles. The fourth-order valence-electron chi connectivity index (χ4n) is 2.14. The summed E-state index contributed by atoms with van der Waals surface area (Å²) in [6, 6.07) is 16.1. The summed E-state index contributed by atoms with van der Waals surface area (Å²) >= 11 is 0. The van der Waals surface area contributed by atoms with Crippen LogP contribution in [0.15, 0.2) is 59.7 Å². The molecule has 2 aromatic carbocycles. The third kappa shape index (κ3) is 5.76. The molecule has 130 valence electrons. The maximum absolute atomic E-state index is 12.2. The van der Waals surface area contributed by atoms with Gasteiger partial charge in [-0.3, -0.25) is 9.59 Å². The van der Waals surface area contributed by atoms with Crippen LogP contribution in [0.1, 0.15) is 30.6 Å². The van der Waals surface area contributed by atoms with Crippen molar-refractivity contribution in [3.63, 3.8) is 0 Å². The molecular weight excluding hydrogens is 318 g/mol. The van der Waals surface area contributed by atoms with Gasteiger partial charge in [0.1, 0.15) is 5.75 Å². The zero-order valence-corrected chi connectivity index (χ0v) is 14.3. The highest BCUT2D eigenvalue weighted by atomic mass is 16.5. The molecule has 0 fully saturated rings. The highest BCUT2D eigenvalue weighted by molar-refractivity contribution is 6.06. The summed E-state index contributed by atoms with van der Waals surface area (Å²) in [5, 5.41) is 6.75. The Morgan fingerprint density at radius 1 is 1.04 bits per heavy atom. The zero-order valence-electron chi connectivity index (χ0n) is 14.3. The molecular formula is C19H21N3O3. The summed E-state index contributed by atoms with van der Waals surface area (Å²) in [6.45, 7) is 3.99. The molecule has 2 rings (SSSR count). The lowest BCUT2D eigenvalue weighted by Crippen LogP contribution is -2.22. The van der Waals surface area contributed by atoms with Gasteiger partial charge in [-0.25, -0.2) is 5.43 Å². The van der Waals surface area contributed by atoms with Gasteiger partial charge in [0.15, 0.2) is 0 Å². The van der Waals surface area contributed by atoms with Gasteiger partial charge < -0.3 is 10.1 Å². The number of hydrazone groups is 1. The van der Waals surface area contributed by atoms with Crippen LogP contribution in [-0.4, -0.2) is 24.1 Å². The van der Waals surface area contributed by atoms with Crippen LogP contribution in [0.2, 0.25) is 0 Å². The Balaban J connectivity index is 1.92. The van der Waals surface area contributed by atoms with Crippen LogP contribution in [0.25, 0.3) is 0 Å². The topological polar surface area (TPSA) is 79.8 Å². The Bertz CT molecular complexity index is 758. The van der Waals surface area contributed by atoms with Crippen LogP contribution in [-0.2, 0) is 4.79 Å². The Morgan fingerprint density at radius 2 is 1.72 bits per heavy atom. The van der Waals surface area contributed by atoms with Crippen LogP contribution in [0.3, 0.4) is 0 Å². The Labute approximate surface area is 146 Å². The molecule has 2 amide bonds. The lowest BCUT2D eigenvalue weighted by molar-refractivity contribution is -0.115. The highest BCUT2D eigenvalue weighted by Gasteiger charge is 2.11. The van der Waals surface area contributed by atoms with Crippen molar-refractivity contribution in [2.24, 2.45) is 5.10 Å². The smallest absolute Gasteiger partial charge is 0.275 e. The maximum atomic E-state index is 12.2. The number of anilines is 1. The number of amides is 2. The van der Waals surface area contributed by atoms with Crippen molar-refractivity contribution in [3.05, 3.63) is 60.2 Å². The second-order valence-corrected chi connectivity index (χ2v) is 5.31. The molecule has 0 aliphatic carbocycles. The Morgan fingerprint density at radius 3 is 2.44 bits per heavy atom. The molecule has 0 aromatic heterocycles. The van der Waals surface area contributed by atoms with E-state index < -0.39 is 0 Å². The molecule has 2 aromatic rings. The summed E-state index contributed by atoms with van der Waals surface area (Å²) in [5.74, 6) is -0.0829. The highest BCUT2D eigenvalue weighted by Crippen LogP contribution is 2.17. The van der Waals surface area contributed by atoms with Gasteiger partial charge in [-0.15, -0.1) is 0 Å². The summed E-state index contributed by atoms with van der Waals surface area (Å²) in [7, 11) is 0. The number of carbonyl (C=O) groups excluding carboxylic acids is 2. The number of nitrogens with one attached hydrogen (secondary N) is 2. The van der Waals surface area contributed by atoms with Gasteiger partial charge in [0.2, 0.25) is 5.91 Å². The van der Waals surface area contributed by atoms with Gasteiger partial charge in [-0.1, -0.05) is 30.3 Å². The van der Waals surface area contributed by atoms with Crippen LogP contribution >= 0.6 is 0 Å². The Kier molecular flexibility index (Phi) is 6.71. The molecule has 0 unspecified atom stereocenters. The minimum absolute atomic E-state index is 0.0856. The minimum atomic E-state index is -0.383. The van der Waals surface area contributed by atoms with Gasteiger partial charge in [-0.2, -0.15) is 5.10 Å². The number of benzene rings is 2. The predicted molar refractivity (Wildman–Crippen MR) is 97.9 cm³/mol. The monoisotopic (exact) mass is 339 g/mol. The Hall–Kier alpha value is -3.15. The number of hydrogen-bond acceptors (Lipinski definition) is 4. The first kappa shape index (κ1) is 18.2. The molecule has 0 heterocycles. The van der Waals surface area contributed by atoms with E-state index >= 15 is 0 Å². The van der Waals surface area contributed by atoms with Crippen LogP contribution < -0.4 is 15.5 Å². The fourth-order valence-corrected chi connectivity index (χ4v) is 2.14. The molecule has 0 aliphatic rings. The molecule has 0 spiro atoms. The summed E-state index contributed by atoms with van der Waals surface area (Å²) in [4.78, 5) is 24.2. The summed E-state index contributed by atoms with van der Waals surface area (Å²) in [5.41, 5.74) is 4.07. The molecule has 2 N–H and O–H groups in total. The molecule has 6 heteroatoms. The van der Waals surface area contributed by atoms with Gasteiger partial charge in [0.05, 0.1) is 18.6 Å². The third-order valence-corrected chi connectivity index (χ3v) is 3.25. The molecule has 0 bridgehead atoms. The predicted octanol–water partition coefficient (Wildman–Crippen LogP) is 3.22. The van der Waals surface area contributed by atoms with Crippen molar-refractivity contribution in [1.82, 2.24) is 5.43 Å². The molecule has 0 radical (unpaired) electrons. The van der Waals surface area contributed by atoms with E-state index in [4.69, 9.17) is 4.74 Å².